The van der Waals surface area contributed by atoms with Gasteiger partial charge >= 0.3 is 0 Å². The molecule has 0 bridgehead atoms. The first-order valence-corrected chi connectivity index (χ1v) is 9.73. The van der Waals surface area contributed by atoms with Crippen molar-refractivity contribution in [3.63, 3.8) is 0 Å². The van der Waals surface area contributed by atoms with Crippen LogP contribution in [0.15, 0.2) is 54.9 Å². The number of anilines is 1. The Morgan fingerprint density at radius 2 is 1.68 bits per heavy atom. The average molecular weight is 374 g/mol. The van der Waals surface area contributed by atoms with Crippen molar-refractivity contribution in [1.29, 1.82) is 0 Å². The van der Waals surface area contributed by atoms with E-state index >= 15 is 0 Å². The Kier molecular flexibility index (Phi) is 5.48. The van der Waals surface area contributed by atoms with Crippen molar-refractivity contribution >= 4 is 11.9 Å². The molecule has 0 N–H and O–H groups in total. The number of hydrogen-bond donors (Lipinski definition) is 0. The second-order valence-corrected chi connectivity index (χ2v) is 7.17. The van der Waals surface area contributed by atoms with Crippen molar-refractivity contribution < 1.29 is 0 Å². The second kappa shape index (κ2) is 8.35. The van der Waals surface area contributed by atoms with Crippen LogP contribution < -0.4 is 4.90 Å². The molecule has 1 aliphatic heterocycles. The lowest BCUT2D eigenvalue weighted by Crippen LogP contribution is -2.46. The van der Waals surface area contributed by atoms with E-state index in [-0.39, 0.29) is 0 Å². The molecule has 0 saturated carbocycles. The summed E-state index contributed by atoms with van der Waals surface area (Å²) in [5.41, 5.74) is 3.32. The highest BCUT2D eigenvalue weighted by Gasteiger charge is 2.18. The van der Waals surface area contributed by atoms with Gasteiger partial charge in [-0.05, 0) is 25.5 Å². The van der Waals surface area contributed by atoms with Crippen molar-refractivity contribution in [3.8, 4) is 5.82 Å². The molecule has 0 atom stereocenters. The Hall–Kier alpha value is -2.99. The van der Waals surface area contributed by atoms with Crippen LogP contribution in [0.2, 0.25) is 0 Å². The summed E-state index contributed by atoms with van der Waals surface area (Å²) in [5.74, 6) is 1.79. The Bertz CT molecular complexity index is 939. The van der Waals surface area contributed by atoms with Gasteiger partial charge in [-0.3, -0.25) is 4.90 Å². The summed E-state index contributed by atoms with van der Waals surface area (Å²) in [6.45, 7) is 9.00. The van der Waals surface area contributed by atoms with Gasteiger partial charge in [0.15, 0.2) is 5.82 Å². The molecule has 1 fully saturated rings. The van der Waals surface area contributed by atoms with Gasteiger partial charge in [0.1, 0.15) is 12.1 Å². The summed E-state index contributed by atoms with van der Waals surface area (Å²) in [5, 5.41) is 4.53. The Labute approximate surface area is 166 Å². The van der Waals surface area contributed by atoms with Gasteiger partial charge < -0.3 is 4.90 Å². The first kappa shape index (κ1) is 18.4. The normalized spacial score (nSPS) is 15.4. The van der Waals surface area contributed by atoms with E-state index in [9.17, 15) is 0 Å². The fourth-order valence-corrected chi connectivity index (χ4v) is 3.55. The zero-order chi connectivity index (χ0) is 19.3. The Morgan fingerprint density at radius 1 is 0.929 bits per heavy atom. The molecule has 3 heterocycles. The predicted molar refractivity (Wildman–Crippen MR) is 113 cm³/mol. The highest BCUT2D eigenvalue weighted by Crippen LogP contribution is 2.17. The molecule has 144 valence electrons. The maximum atomic E-state index is 4.53. The molecule has 1 saturated heterocycles. The third-order valence-electron chi connectivity index (χ3n) is 5.03. The van der Waals surface area contributed by atoms with Crippen LogP contribution in [0.4, 0.5) is 5.82 Å². The number of aromatic nitrogens is 4. The van der Waals surface area contributed by atoms with Crippen molar-refractivity contribution in [2.24, 2.45) is 0 Å². The molecule has 4 rings (SSSR count). The lowest BCUT2D eigenvalue weighted by atomic mass is 10.2. The quantitative estimate of drug-likeness (QED) is 0.687. The number of benzene rings is 1. The average Bonchev–Trinajstić information content (AvgIpc) is 3.07. The highest BCUT2D eigenvalue weighted by molar-refractivity contribution is 5.49. The van der Waals surface area contributed by atoms with E-state index in [1.54, 1.807) is 6.33 Å². The first-order chi connectivity index (χ1) is 13.7. The maximum Gasteiger partial charge on any atom is 0.159 e. The van der Waals surface area contributed by atoms with E-state index in [2.05, 4.69) is 67.4 Å². The molecule has 0 radical (unpaired) electrons. The fraction of sp³-hybridized carbons (Fsp3) is 0.318. The third-order valence-corrected chi connectivity index (χ3v) is 5.03. The topological polar surface area (TPSA) is 50.1 Å². The molecule has 0 amide bonds. The van der Waals surface area contributed by atoms with Gasteiger partial charge in [-0.25, -0.2) is 14.6 Å². The van der Waals surface area contributed by atoms with Gasteiger partial charge in [0.05, 0.1) is 5.69 Å². The van der Waals surface area contributed by atoms with E-state index in [0.29, 0.717) is 0 Å². The number of hydrogen-bond acceptors (Lipinski definition) is 5. The monoisotopic (exact) mass is 374 g/mol. The lowest BCUT2D eigenvalue weighted by Gasteiger charge is -2.34. The molecule has 1 aliphatic rings. The summed E-state index contributed by atoms with van der Waals surface area (Å²) >= 11 is 0. The molecular formula is C22H26N6. The summed E-state index contributed by atoms with van der Waals surface area (Å²) < 4.78 is 1.88. The van der Waals surface area contributed by atoms with Gasteiger partial charge in [-0.15, -0.1) is 0 Å². The van der Waals surface area contributed by atoms with Crippen LogP contribution in [-0.2, 0) is 0 Å². The van der Waals surface area contributed by atoms with Crippen LogP contribution in [-0.4, -0.2) is 57.4 Å². The zero-order valence-electron chi connectivity index (χ0n) is 16.5. The largest absolute Gasteiger partial charge is 0.354 e. The smallest absolute Gasteiger partial charge is 0.159 e. The molecule has 6 heteroatoms. The van der Waals surface area contributed by atoms with Crippen LogP contribution in [0, 0.1) is 13.8 Å². The van der Waals surface area contributed by atoms with Gasteiger partial charge in [-0.2, -0.15) is 5.10 Å². The minimum atomic E-state index is 0.823. The van der Waals surface area contributed by atoms with Gasteiger partial charge in [0, 0.05) is 44.5 Å². The van der Waals surface area contributed by atoms with Crippen LogP contribution >= 0.6 is 0 Å². The molecule has 2 aromatic heterocycles. The summed E-state index contributed by atoms with van der Waals surface area (Å²) in [7, 11) is 0. The first-order valence-electron chi connectivity index (χ1n) is 9.73. The fourth-order valence-electron chi connectivity index (χ4n) is 3.55. The lowest BCUT2D eigenvalue weighted by molar-refractivity contribution is 0.283. The number of rotatable bonds is 5. The van der Waals surface area contributed by atoms with E-state index in [0.717, 1.165) is 55.7 Å². The summed E-state index contributed by atoms with van der Waals surface area (Å²) in [4.78, 5) is 13.7. The molecular weight excluding hydrogens is 348 g/mol. The van der Waals surface area contributed by atoms with Crippen LogP contribution in [0.5, 0.6) is 0 Å². The van der Waals surface area contributed by atoms with E-state index in [1.165, 1.54) is 5.56 Å². The predicted octanol–water partition coefficient (Wildman–Crippen LogP) is 3.11. The van der Waals surface area contributed by atoms with Gasteiger partial charge in [0.2, 0.25) is 0 Å². The minimum absolute atomic E-state index is 0.823. The molecule has 1 aromatic carbocycles. The number of nitrogens with zero attached hydrogens (tertiary/aromatic N) is 6. The van der Waals surface area contributed by atoms with Crippen molar-refractivity contribution in [2.45, 2.75) is 13.8 Å². The zero-order valence-corrected chi connectivity index (χ0v) is 16.5. The Balaban J connectivity index is 1.36. The van der Waals surface area contributed by atoms with Gasteiger partial charge in [0.25, 0.3) is 0 Å². The standard InChI is InChI=1S/C22H26N6/c1-18-15-19(2)28(25-18)22-16-21(23-17-24-22)27-13-11-26(12-14-27)10-6-9-20-7-4-3-5-8-20/h3-9,15-17H,10-14H2,1-2H3. The van der Waals surface area contributed by atoms with Crippen LogP contribution in [0.25, 0.3) is 11.9 Å². The van der Waals surface area contributed by atoms with Crippen molar-refractivity contribution in [1.82, 2.24) is 24.6 Å². The van der Waals surface area contributed by atoms with Crippen LogP contribution in [0.1, 0.15) is 17.0 Å². The second-order valence-electron chi connectivity index (χ2n) is 7.17. The molecule has 28 heavy (non-hydrogen) atoms. The molecule has 0 aliphatic carbocycles. The third kappa shape index (κ3) is 4.28. The van der Waals surface area contributed by atoms with Crippen molar-refractivity contribution in [2.75, 3.05) is 37.6 Å². The molecule has 0 unspecified atom stereocenters. The molecule has 0 spiro atoms. The van der Waals surface area contributed by atoms with Crippen molar-refractivity contribution in [3.05, 3.63) is 71.8 Å². The summed E-state index contributed by atoms with van der Waals surface area (Å²) in [6.07, 6.45) is 6.07. The Morgan fingerprint density at radius 3 is 2.39 bits per heavy atom. The van der Waals surface area contributed by atoms with E-state index in [1.807, 2.05) is 30.7 Å². The van der Waals surface area contributed by atoms with E-state index in [4.69, 9.17) is 0 Å². The highest BCUT2D eigenvalue weighted by atomic mass is 15.3. The molecule has 6 nitrogen and oxygen atoms in total. The van der Waals surface area contributed by atoms with Gasteiger partial charge in [-0.1, -0.05) is 42.5 Å². The minimum Gasteiger partial charge on any atom is -0.354 e. The summed E-state index contributed by atoms with van der Waals surface area (Å²) in [6, 6.07) is 14.5. The number of aryl methyl sites for hydroxylation is 2. The molecule has 3 aromatic rings. The SMILES string of the molecule is Cc1cc(C)n(-c2cc(N3CCN(CC=Cc4ccccc4)CC3)ncn2)n1. The maximum absolute atomic E-state index is 4.53. The number of piperazine rings is 1. The van der Waals surface area contributed by atoms with E-state index < -0.39 is 0 Å². The van der Waals surface area contributed by atoms with Crippen LogP contribution in [0.3, 0.4) is 0 Å².